The Morgan fingerprint density at radius 3 is 2.55 bits per heavy atom. The third kappa shape index (κ3) is 3.43. The highest BCUT2D eigenvalue weighted by molar-refractivity contribution is 7.98. The van der Waals surface area contributed by atoms with Crippen LogP contribution in [0.1, 0.15) is 18.7 Å². The highest BCUT2D eigenvalue weighted by Gasteiger charge is 2.46. The van der Waals surface area contributed by atoms with Crippen molar-refractivity contribution < 1.29 is 19.0 Å². The molecule has 0 saturated heterocycles. The summed E-state index contributed by atoms with van der Waals surface area (Å²) in [4.78, 5) is 30.3. The smallest absolute Gasteiger partial charge is 0.325 e. The van der Waals surface area contributed by atoms with E-state index in [1.54, 1.807) is 33.8 Å². The minimum Gasteiger partial charge on any atom is -0.493 e. The number of nitrogens with zero attached hydrogens (tertiary/aromatic N) is 3. The quantitative estimate of drug-likeness (QED) is 0.476. The van der Waals surface area contributed by atoms with Gasteiger partial charge in [-0.25, -0.2) is 4.90 Å². The number of carbonyl (C=O) groups is 1. The standard InChI is InChI=1S/C21H19ClN4O4S/c1-11(27)25-15-8-6-5-7-12(15)18-19(28)23-21(31-4)24-26(18)20(25)13-9-16(29-2)17(30-3)10-14(13)22/h5-10,20H,1-4H3/p+1/t20-/m0/s1. The lowest BCUT2D eigenvalue weighted by molar-refractivity contribution is -0.763. The number of ether oxygens (including phenoxy) is 2. The summed E-state index contributed by atoms with van der Waals surface area (Å²) in [5.41, 5.74) is 1.76. The number of methoxy groups -OCH3 is 2. The molecule has 10 heteroatoms. The molecule has 4 rings (SSSR count). The van der Waals surface area contributed by atoms with E-state index in [1.165, 1.54) is 32.9 Å². The normalized spacial score (nSPS) is 14.6. The van der Waals surface area contributed by atoms with Crippen LogP contribution in [0.15, 0.2) is 46.3 Å². The van der Waals surface area contributed by atoms with Gasteiger partial charge in [-0.05, 0) is 29.1 Å². The van der Waals surface area contributed by atoms with Gasteiger partial charge in [0.15, 0.2) is 11.5 Å². The lowest BCUT2D eigenvalue weighted by atomic mass is 10.0. The van der Waals surface area contributed by atoms with Crippen LogP contribution in [-0.2, 0) is 4.79 Å². The largest absolute Gasteiger partial charge is 0.493 e. The van der Waals surface area contributed by atoms with Crippen LogP contribution in [0.25, 0.3) is 11.3 Å². The van der Waals surface area contributed by atoms with E-state index in [4.69, 9.17) is 21.1 Å². The van der Waals surface area contributed by atoms with Crippen LogP contribution in [0.3, 0.4) is 0 Å². The molecule has 2 aromatic carbocycles. The maximum atomic E-state index is 13.1. The Morgan fingerprint density at radius 2 is 1.90 bits per heavy atom. The fraction of sp³-hybridized carbons (Fsp3) is 0.238. The minimum absolute atomic E-state index is 0.228. The summed E-state index contributed by atoms with van der Waals surface area (Å²) < 4.78 is 12.3. The molecule has 0 spiro atoms. The Bertz CT molecular complexity index is 1250. The van der Waals surface area contributed by atoms with Crippen molar-refractivity contribution in [2.24, 2.45) is 0 Å². The Kier molecular flexibility index (Phi) is 5.63. The second kappa shape index (κ2) is 8.24. The number of aromatic nitrogens is 3. The van der Waals surface area contributed by atoms with E-state index in [-0.39, 0.29) is 11.5 Å². The summed E-state index contributed by atoms with van der Waals surface area (Å²) in [6, 6.07) is 10.5. The maximum absolute atomic E-state index is 13.1. The molecule has 0 unspecified atom stereocenters. The molecule has 0 bridgehead atoms. The third-order valence-corrected chi connectivity index (χ3v) is 5.97. The van der Waals surface area contributed by atoms with Crippen molar-refractivity contribution in [2.45, 2.75) is 18.2 Å². The number of hydrogen-bond acceptors (Lipinski definition) is 6. The topological polar surface area (TPSA) is 88.4 Å². The Labute approximate surface area is 187 Å². The Hall–Kier alpha value is -3.04. The van der Waals surface area contributed by atoms with Gasteiger partial charge in [-0.3, -0.25) is 14.6 Å². The number of aromatic amines is 1. The second-order valence-corrected chi connectivity index (χ2v) is 7.97. The van der Waals surface area contributed by atoms with E-state index in [9.17, 15) is 9.59 Å². The molecule has 1 aromatic heterocycles. The molecule has 1 atom stereocenters. The fourth-order valence-corrected chi connectivity index (χ4v) is 4.37. The van der Waals surface area contributed by atoms with E-state index in [0.29, 0.717) is 44.2 Å². The van der Waals surface area contributed by atoms with Crippen LogP contribution in [0.4, 0.5) is 5.69 Å². The summed E-state index contributed by atoms with van der Waals surface area (Å²) in [6.07, 6.45) is 1.01. The van der Waals surface area contributed by atoms with Crippen LogP contribution in [-0.4, -0.2) is 36.5 Å². The minimum atomic E-state index is -0.803. The number of halogens is 1. The molecule has 160 valence electrons. The summed E-state index contributed by atoms with van der Waals surface area (Å²) >= 11 is 7.93. The summed E-state index contributed by atoms with van der Waals surface area (Å²) in [5.74, 6) is 0.673. The first-order valence-corrected chi connectivity index (χ1v) is 10.9. The average Bonchev–Trinajstić information content (AvgIpc) is 2.77. The monoisotopic (exact) mass is 459 g/mol. The highest BCUT2D eigenvalue weighted by Crippen LogP contribution is 2.42. The third-order valence-electron chi connectivity index (χ3n) is 5.07. The predicted octanol–water partition coefficient (Wildman–Crippen LogP) is 3.03. The molecular weight excluding hydrogens is 440 g/mol. The van der Waals surface area contributed by atoms with Gasteiger partial charge in [-0.1, -0.05) is 35.5 Å². The van der Waals surface area contributed by atoms with E-state index >= 15 is 0 Å². The zero-order valence-electron chi connectivity index (χ0n) is 17.3. The summed E-state index contributed by atoms with van der Waals surface area (Å²) in [6.45, 7) is 1.46. The zero-order valence-corrected chi connectivity index (χ0v) is 18.9. The number of rotatable bonds is 4. The number of hydrogen-bond donors (Lipinski definition) is 1. The fourth-order valence-electron chi connectivity index (χ4n) is 3.75. The average molecular weight is 460 g/mol. The number of para-hydroxylation sites is 1. The molecule has 1 aliphatic rings. The number of nitrogens with one attached hydrogen (secondary N) is 1. The van der Waals surface area contributed by atoms with Gasteiger partial charge < -0.3 is 9.47 Å². The lowest BCUT2D eigenvalue weighted by Crippen LogP contribution is -2.60. The molecule has 8 nitrogen and oxygen atoms in total. The molecule has 3 aromatic rings. The van der Waals surface area contributed by atoms with Gasteiger partial charge in [-0.2, -0.15) is 0 Å². The number of thioether (sulfide) groups is 1. The number of benzene rings is 2. The van der Waals surface area contributed by atoms with Crippen molar-refractivity contribution in [1.82, 2.24) is 10.1 Å². The Balaban J connectivity index is 2.10. The van der Waals surface area contributed by atoms with Gasteiger partial charge in [0.05, 0.1) is 36.1 Å². The van der Waals surface area contributed by atoms with E-state index in [1.807, 2.05) is 18.4 Å². The first kappa shape index (κ1) is 21.2. The van der Waals surface area contributed by atoms with Crippen LogP contribution >= 0.6 is 23.4 Å². The van der Waals surface area contributed by atoms with Gasteiger partial charge >= 0.3 is 11.3 Å². The number of amides is 1. The number of H-pyrrole nitrogens is 1. The van der Waals surface area contributed by atoms with Crippen molar-refractivity contribution >= 4 is 35.0 Å². The maximum Gasteiger partial charge on any atom is 0.325 e. The van der Waals surface area contributed by atoms with Crippen LogP contribution in [0, 0.1) is 0 Å². The van der Waals surface area contributed by atoms with Crippen LogP contribution in [0.2, 0.25) is 5.02 Å². The summed E-state index contributed by atoms with van der Waals surface area (Å²) in [7, 11) is 3.03. The molecule has 1 N–H and O–H groups in total. The predicted molar refractivity (Wildman–Crippen MR) is 118 cm³/mol. The molecule has 1 aliphatic heterocycles. The van der Waals surface area contributed by atoms with Gasteiger partial charge in [0.1, 0.15) is 0 Å². The number of carbonyl (C=O) groups excluding carboxylic acids is 1. The summed E-state index contributed by atoms with van der Waals surface area (Å²) in [5, 5.41) is 5.38. The number of anilines is 1. The zero-order chi connectivity index (χ0) is 22.3. The molecule has 2 heterocycles. The highest BCUT2D eigenvalue weighted by atomic mass is 35.5. The first-order chi connectivity index (χ1) is 14.9. The number of fused-ring (bicyclic) bond motifs is 3. The Morgan fingerprint density at radius 1 is 1.23 bits per heavy atom. The van der Waals surface area contributed by atoms with Gasteiger partial charge in [0.2, 0.25) is 11.1 Å². The molecule has 1 amide bonds. The van der Waals surface area contributed by atoms with Crippen molar-refractivity contribution in [2.75, 3.05) is 25.4 Å². The SMILES string of the molecule is COc1cc(Cl)c([C@H]2N(C(C)=O)c3ccccc3-c3c(=O)[nH]c(SC)n[n+]32)cc1OC. The van der Waals surface area contributed by atoms with Gasteiger partial charge in [0, 0.05) is 18.1 Å². The van der Waals surface area contributed by atoms with Crippen molar-refractivity contribution in [3.8, 4) is 22.8 Å². The molecule has 0 radical (unpaired) electrons. The molecule has 0 fully saturated rings. The second-order valence-electron chi connectivity index (χ2n) is 6.77. The van der Waals surface area contributed by atoms with Crippen molar-refractivity contribution in [3.63, 3.8) is 0 Å². The molecule has 0 saturated carbocycles. The molecule has 31 heavy (non-hydrogen) atoms. The first-order valence-electron chi connectivity index (χ1n) is 9.32. The molecule has 0 aliphatic carbocycles. The van der Waals surface area contributed by atoms with Gasteiger partial charge in [0.25, 0.3) is 6.17 Å². The van der Waals surface area contributed by atoms with Gasteiger partial charge in [-0.15, -0.1) is 0 Å². The van der Waals surface area contributed by atoms with Crippen molar-refractivity contribution in [3.05, 3.63) is 57.3 Å². The van der Waals surface area contributed by atoms with Crippen molar-refractivity contribution in [1.29, 1.82) is 0 Å². The van der Waals surface area contributed by atoms with E-state index in [0.717, 1.165) is 0 Å². The van der Waals surface area contributed by atoms with Crippen LogP contribution < -0.4 is 24.6 Å². The van der Waals surface area contributed by atoms with Crippen LogP contribution in [0.5, 0.6) is 11.5 Å². The lowest BCUT2D eigenvalue weighted by Gasteiger charge is -2.31. The van der Waals surface area contributed by atoms with E-state index < -0.39 is 6.17 Å². The van der Waals surface area contributed by atoms with E-state index in [2.05, 4.69) is 10.1 Å². The molecular formula is C21H20ClN4O4S+.